The smallest absolute Gasteiger partial charge is 0.253 e. The summed E-state index contributed by atoms with van der Waals surface area (Å²) in [7, 11) is 0. The predicted molar refractivity (Wildman–Crippen MR) is 136 cm³/mol. The molecule has 2 amide bonds. The molecule has 3 aromatic rings. The van der Waals surface area contributed by atoms with Gasteiger partial charge in [0.2, 0.25) is 5.91 Å². The second-order valence-corrected chi connectivity index (χ2v) is 9.26. The first kappa shape index (κ1) is 24.5. The average molecular weight is 500 g/mol. The highest BCUT2D eigenvalue weighted by Gasteiger charge is 2.25. The third kappa shape index (κ3) is 5.49. The molecule has 9 nitrogen and oxygen atoms in total. The van der Waals surface area contributed by atoms with Crippen molar-refractivity contribution in [3.05, 3.63) is 65.9 Å². The minimum atomic E-state index is -0.173. The molecule has 1 aromatic heterocycles. The van der Waals surface area contributed by atoms with Crippen LogP contribution in [0.4, 0.5) is 0 Å². The van der Waals surface area contributed by atoms with E-state index in [4.69, 9.17) is 19.8 Å². The van der Waals surface area contributed by atoms with Gasteiger partial charge in [-0.1, -0.05) is 12.1 Å². The summed E-state index contributed by atoms with van der Waals surface area (Å²) in [5.74, 6) is 1.08. The van der Waals surface area contributed by atoms with Gasteiger partial charge in [-0.2, -0.15) is 10.4 Å². The molecule has 5 rings (SSSR count). The van der Waals surface area contributed by atoms with Crippen LogP contribution in [0, 0.1) is 11.3 Å². The van der Waals surface area contributed by atoms with E-state index in [1.54, 1.807) is 51.7 Å². The average Bonchev–Trinajstić information content (AvgIpc) is 3.37. The van der Waals surface area contributed by atoms with E-state index in [9.17, 15) is 9.59 Å². The highest BCUT2D eigenvalue weighted by atomic mass is 16.5. The summed E-state index contributed by atoms with van der Waals surface area (Å²) >= 11 is 0. The van der Waals surface area contributed by atoms with Crippen LogP contribution in [0.1, 0.15) is 48.3 Å². The van der Waals surface area contributed by atoms with Crippen LogP contribution in [0.25, 0.3) is 11.3 Å². The van der Waals surface area contributed by atoms with Gasteiger partial charge in [-0.15, -0.1) is 0 Å². The van der Waals surface area contributed by atoms with Crippen molar-refractivity contribution in [2.24, 2.45) is 0 Å². The second-order valence-electron chi connectivity index (χ2n) is 9.26. The molecular weight excluding hydrogens is 470 g/mol. The van der Waals surface area contributed by atoms with Crippen LogP contribution >= 0.6 is 0 Å². The molecule has 0 bridgehead atoms. The molecule has 1 atom stereocenters. The van der Waals surface area contributed by atoms with Gasteiger partial charge < -0.3 is 19.3 Å². The Morgan fingerprint density at radius 3 is 2.49 bits per heavy atom. The molecule has 2 fully saturated rings. The van der Waals surface area contributed by atoms with E-state index in [0.717, 1.165) is 24.8 Å². The van der Waals surface area contributed by atoms with Crippen molar-refractivity contribution in [2.75, 3.05) is 32.8 Å². The Morgan fingerprint density at radius 1 is 1.05 bits per heavy atom. The SMILES string of the molecule is CC(=O)N1CCN(C(=O)c2cccc(-c3nn(C4CCCCO4)cc3Oc3ccc(C#N)cc3)c2)CC1. The van der Waals surface area contributed by atoms with Crippen LogP contribution in [0.15, 0.2) is 54.7 Å². The van der Waals surface area contributed by atoms with Gasteiger partial charge in [0.1, 0.15) is 17.7 Å². The van der Waals surface area contributed by atoms with Gasteiger partial charge in [0.05, 0.1) is 17.8 Å². The maximum absolute atomic E-state index is 13.3. The van der Waals surface area contributed by atoms with E-state index in [1.807, 2.05) is 24.4 Å². The molecule has 0 aliphatic carbocycles. The molecule has 0 spiro atoms. The first-order valence-corrected chi connectivity index (χ1v) is 12.6. The molecule has 3 heterocycles. The van der Waals surface area contributed by atoms with Crippen LogP contribution in [-0.4, -0.2) is 64.2 Å². The first-order valence-electron chi connectivity index (χ1n) is 12.6. The number of aromatic nitrogens is 2. The van der Waals surface area contributed by atoms with Crippen LogP contribution in [-0.2, 0) is 9.53 Å². The molecule has 2 saturated heterocycles. The van der Waals surface area contributed by atoms with Crippen LogP contribution < -0.4 is 4.74 Å². The number of nitrogens with zero attached hydrogens (tertiary/aromatic N) is 5. The molecule has 190 valence electrons. The fourth-order valence-electron chi connectivity index (χ4n) is 4.66. The van der Waals surface area contributed by atoms with Crippen molar-refractivity contribution >= 4 is 11.8 Å². The van der Waals surface area contributed by atoms with Gasteiger partial charge in [0, 0.05) is 50.8 Å². The van der Waals surface area contributed by atoms with E-state index < -0.39 is 0 Å². The second kappa shape index (κ2) is 10.8. The maximum atomic E-state index is 13.3. The molecule has 0 N–H and O–H groups in total. The molecule has 37 heavy (non-hydrogen) atoms. The summed E-state index contributed by atoms with van der Waals surface area (Å²) in [6.07, 6.45) is 4.62. The third-order valence-electron chi connectivity index (χ3n) is 6.76. The third-order valence-corrected chi connectivity index (χ3v) is 6.76. The Hall–Kier alpha value is -4.16. The summed E-state index contributed by atoms with van der Waals surface area (Å²) in [5.41, 5.74) is 2.47. The highest BCUT2D eigenvalue weighted by molar-refractivity contribution is 5.95. The summed E-state index contributed by atoms with van der Waals surface area (Å²) in [6, 6.07) is 16.4. The Labute approximate surface area is 215 Å². The van der Waals surface area contributed by atoms with E-state index in [0.29, 0.717) is 61.1 Å². The van der Waals surface area contributed by atoms with Gasteiger partial charge in [0.25, 0.3) is 5.91 Å². The standard InChI is InChI=1S/C28H29N5O4/c1-20(34)31-12-14-32(15-13-31)28(35)23-6-4-5-22(17-23)27-25(37-24-10-8-21(18-29)9-11-24)19-33(30-27)26-7-2-3-16-36-26/h4-6,8-11,17,19,26H,2-3,7,12-16H2,1H3. The molecule has 2 aromatic carbocycles. The van der Waals surface area contributed by atoms with Crippen molar-refractivity contribution in [3.63, 3.8) is 0 Å². The number of rotatable bonds is 5. The lowest BCUT2D eigenvalue weighted by atomic mass is 10.1. The van der Waals surface area contributed by atoms with Gasteiger partial charge >= 0.3 is 0 Å². The predicted octanol–water partition coefficient (Wildman–Crippen LogP) is 4.22. The van der Waals surface area contributed by atoms with Gasteiger partial charge in [0.15, 0.2) is 5.75 Å². The quantitative estimate of drug-likeness (QED) is 0.521. The Kier molecular flexibility index (Phi) is 7.19. The van der Waals surface area contributed by atoms with E-state index in [-0.39, 0.29) is 18.0 Å². The van der Waals surface area contributed by atoms with E-state index in [2.05, 4.69) is 6.07 Å². The van der Waals surface area contributed by atoms with Gasteiger partial charge in [-0.3, -0.25) is 9.59 Å². The lowest BCUT2D eigenvalue weighted by molar-refractivity contribution is -0.130. The lowest BCUT2D eigenvalue weighted by Crippen LogP contribution is -2.50. The van der Waals surface area contributed by atoms with Crippen LogP contribution in [0.5, 0.6) is 11.5 Å². The molecule has 1 unspecified atom stereocenters. The number of hydrogen-bond donors (Lipinski definition) is 0. The largest absolute Gasteiger partial charge is 0.453 e. The topological polar surface area (TPSA) is 101 Å². The van der Waals surface area contributed by atoms with Gasteiger partial charge in [-0.25, -0.2) is 4.68 Å². The first-order chi connectivity index (χ1) is 18.0. The number of hydrogen-bond acceptors (Lipinski definition) is 6. The number of amides is 2. The number of ether oxygens (including phenoxy) is 2. The Balaban J connectivity index is 1.43. The molecule has 0 saturated carbocycles. The number of benzene rings is 2. The number of nitriles is 1. The fraction of sp³-hybridized carbons (Fsp3) is 0.357. The fourth-order valence-corrected chi connectivity index (χ4v) is 4.66. The lowest BCUT2D eigenvalue weighted by Gasteiger charge is -2.34. The zero-order valence-electron chi connectivity index (χ0n) is 20.8. The summed E-state index contributed by atoms with van der Waals surface area (Å²) in [5, 5.41) is 13.9. The summed E-state index contributed by atoms with van der Waals surface area (Å²) < 4.78 is 13.9. The zero-order chi connectivity index (χ0) is 25.8. The van der Waals surface area contributed by atoms with Crippen molar-refractivity contribution in [2.45, 2.75) is 32.4 Å². The zero-order valence-corrected chi connectivity index (χ0v) is 20.8. The maximum Gasteiger partial charge on any atom is 0.253 e. The Morgan fingerprint density at radius 2 is 1.81 bits per heavy atom. The molecule has 0 radical (unpaired) electrons. The van der Waals surface area contributed by atoms with E-state index in [1.165, 1.54) is 0 Å². The van der Waals surface area contributed by atoms with Crippen LogP contribution in [0.2, 0.25) is 0 Å². The summed E-state index contributed by atoms with van der Waals surface area (Å²) in [6.45, 7) is 4.32. The molecule has 2 aliphatic rings. The minimum absolute atomic E-state index is 0.0291. The summed E-state index contributed by atoms with van der Waals surface area (Å²) in [4.78, 5) is 28.4. The number of carbonyl (C=O) groups excluding carboxylic acids is 2. The number of piperazine rings is 1. The van der Waals surface area contributed by atoms with Crippen molar-refractivity contribution < 1.29 is 19.1 Å². The number of carbonyl (C=O) groups is 2. The monoisotopic (exact) mass is 499 g/mol. The highest BCUT2D eigenvalue weighted by Crippen LogP contribution is 2.35. The van der Waals surface area contributed by atoms with E-state index >= 15 is 0 Å². The molecular formula is C28H29N5O4. The normalized spacial score (nSPS) is 17.8. The van der Waals surface area contributed by atoms with Crippen molar-refractivity contribution in [3.8, 4) is 28.8 Å². The molecule has 9 heteroatoms. The van der Waals surface area contributed by atoms with Crippen molar-refractivity contribution in [1.82, 2.24) is 19.6 Å². The van der Waals surface area contributed by atoms with Gasteiger partial charge in [-0.05, 0) is 55.7 Å². The molecule has 2 aliphatic heterocycles. The minimum Gasteiger partial charge on any atom is -0.453 e. The Bertz CT molecular complexity index is 1310. The van der Waals surface area contributed by atoms with Crippen molar-refractivity contribution in [1.29, 1.82) is 5.26 Å². The van der Waals surface area contributed by atoms with Crippen LogP contribution in [0.3, 0.4) is 0 Å².